The Labute approximate surface area is 166 Å². The molecule has 0 saturated carbocycles. The first kappa shape index (κ1) is 18.5. The van der Waals surface area contributed by atoms with Crippen LogP contribution >= 0.6 is 0 Å². The number of carbonyl (C=O) groups excluding carboxylic acids is 1. The highest BCUT2D eigenvalue weighted by Gasteiger charge is 2.27. The molecule has 1 amide bonds. The molecule has 0 spiro atoms. The number of hydrogen-bond acceptors (Lipinski definition) is 2. The number of aryl methyl sites for hydroxylation is 2. The molecule has 1 saturated heterocycles. The molecule has 0 aliphatic carbocycles. The molecular weight excluding hydrogens is 350 g/mol. The summed E-state index contributed by atoms with van der Waals surface area (Å²) in [6.45, 7) is 8.97. The molecular formula is C22H28N5O+. The number of likely N-dealkylation sites (N-methyl/N-ethyl adjacent to an activating group) is 1. The monoisotopic (exact) mass is 378 g/mol. The van der Waals surface area contributed by atoms with E-state index in [1.54, 1.807) is 9.58 Å². The maximum Gasteiger partial charge on any atom is 0.273 e. The van der Waals surface area contributed by atoms with Gasteiger partial charge < -0.3 is 14.4 Å². The molecule has 1 fully saturated rings. The van der Waals surface area contributed by atoms with Gasteiger partial charge in [0.15, 0.2) is 0 Å². The van der Waals surface area contributed by atoms with Crippen molar-refractivity contribution in [1.82, 2.24) is 19.2 Å². The van der Waals surface area contributed by atoms with Crippen LogP contribution < -0.4 is 4.90 Å². The second-order valence-corrected chi connectivity index (χ2v) is 7.56. The van der Waals surface area contributed by atoms with Gasteiger partial charge in [0.1, 0.15) is 11.4 Å². The number of quaternary nitrogens is 1. The zero-order valence-corrected chi connectivity index (χ0v) is 16.9. The van der Waals surface area contributed by atoms with Gasteiger partial charge in [-0.3, -0.25) is 4.79 Å². The molecule has 2 aromatic heterocycles. The number of rotatable bonds is 4. The molecule has 0 unspecified atom stereocenters. The van der Waals surface area contributed by atoms with Crippen LogP contribution in [-0.2, 0) is 7.05 Å². The summed E-state index contributed by atoms with van der Waals surface area (Å²) >= 11 is 0. The Morgan fingerprint density at radius 1 is 1.14 bits per heavy atom. The molecule has 3 aromatic rings. The minimum absolute atomic E-state index is 0.0590. The molecule has 28 heavy (non-hydrogen) atoms. The summed E-state index contributed by atoms with van der Waals surface area (Å²) in [5.41, 5.74) is 4.53. The molecule has 6 nitrogen and oxygen atoms in total. The molecule has 1 aromatic carbocycles. The Hall–Kier alpha value is -2.86. The van der Waals surface area contributed by atoms with E-state index in [0.29, 0.717) is 5.69 Å². The molecule has 0 bridgehead atoms. The van der Waals surface area contributed by atoms with E-state index in [0.717, 1.165) is 49.8 Å². The number of nitrogens with one attached hydrogen (secondary N) is 1. The smallest absolute Gasteiger partial charge is 0.273 e. The van der Waals surface area contributed by atoms with Gasteiger partial charge in [0, 0.05) is 13.2 Å². The Morgan fingerprint density at radius 2 is 1.86 bits per heavy atom. The highest BCUT2D eigenvalue weighted by atomic mass is 16.2. The minimum Gasteiger partial charge on any atom is -0.349 e. The zero-order chi connectivity index (χ0) is 19.7. The lowest BCUT2D eigenvalue weighted by atomic mass is 10.2. The van der Waals surface area contributed by atoms with E-state index in [1.807, 2.05) is 53.0 Å². The second kappa shape index (κ2) is 7.64. The third-order valence-corrected chi connectivity index (χ3v) is 5.67. The van der Waals surface area contributed by atoms with E-state index in [4.69, 9.17) is 5.10 Å². The van der Waals surface area contributed by atoms with Crippen molar-refractivity contribution < 1.29 is 9.69 Å². The van der Waals surface area contributed by atoms with Crippen LogP contribution in [0.15, 0.2) is 48.7 Å². The van der Waals surface area contributed by atoms with E-state index >= 15 is 0 Å². The van der Waals surface area contributed by atoms with E-state index in [9.17, 15) is 4.79 Å². The van der Waals surface area contributed by atoms with Crippen LogP contribution in [0.3, 0.4) is 0 Å². The molecule has 6 heteroatoms. The summed E-state index contributed by atoms with van der Waals surface area (Å²) < 4.78 is 3.82. The van der Waals surface area contributed by atoms with E-state index < -0.39 is 0 Å². The molecule has 146 valence electrons. The first-order valence-electron chi connectivity index (χ1n) is 9.98. The van der Waals surface area contributed by atoms with Crippen molar-refractivity contribution in [3.05, 3.63) is 59.9 Å². The molecule has 0 radical (unpaired) electrons. The van der Waals surface area contributed by atoms with Gasteiger partial charge in [0.2, 0.25) is 0 Å². The number of benzene rings is 1. The summed E-state index contributed by atoms with van der Waals surface area (Å²) in [7, 11) is 1.99. The molecule has 1 aliphatic rings. The van der Waals surface area contributed by atoms with Crippen molar-refractivity contribution in [3.8, 4) is 17.1 Å². The predicted molar refractivity (Wildman–Crippen MR) is 110 cm³/mol. The zero-order valence-electron chi connectivity index (χ0n) is 16.9. The average Bonchev–Trinajstić information content (AvgIpc) is 3.34. The van der Waals surface area contributed by atoms with Gasteiger partial charge in [-0.25, -0.2) is 4.68 Å². The summed E-state index contributed by atoms with van der Waals surface area (Å²) in [6.07, 6.45) is 1.99. The van der Waals surface area contributed by atoms with Crippen molar-refractivity contribution >= 4 is 5.91 Å². The number of amides is 1. The minimum atomic E-state index is 0.0590. The van der Waals surface area contributed by atoms with Gasteiger partial charge in [0.05, 0.1) is 44.1 Å². The standard InChI is InChI=1S/C22H27N5O/c1-4-25-12-14-26(15-13-25)22(28)21-16-19(20-6-5-11-24(20)3)23-27(21)18-9-7-17(2)8-10-18/h5-11,16H,4,12-15H2,1-3H3/p+1. The highest BCUT2D eigenvalue weighted by molar-refractivity contribution is 5.94. The maximum atomic E-state index is 13.4. The number of aromatic nitrogens is 3. The summed E-state index contributed by atoms with van der Waals surface area (Å²) in [4.78, 5) is 16.9. The predicted octanol–water partition coefficient (Wildman–Crippen LogP) is 1.55. The summed E-state index contributed by atoms with van der Waals surface area (Å²) in [6, 6.07) is 14.1. The third-order valence-electron chi connectivity index (χ3n) is 5.67. The topological polar surface area (TPSA) is 47.5 Å². The normalized spacial score (nSPS) is 15.2. The van der Waals surface area contributed by atoms with Gasteiger partial charge in [-0.15, -0.1) is 0 Å². The second-order valence-electron chi connectivity index (χ2n) is 7.56. The quantitative estimate of drug-likeness (QED) is 0.749. The van der Waals surface area contributed by atoms with Crippen LogP contribution in [0.4, 0.5) is 0 Å². The summed E-state index contributed by atoms with van der Waals surface area (Å²) in [5, 5.41) is 4.80. The molecule has 1 N–H and O–H groups in total. The fraction of sp³-hybridized carbons (Fsp3) is 0.364. The van der Waals surface area contributed by atoms with Crippen LogP contribution in [0.5, 0.6) is 0 Å². The van der Waals surface area contributed by atoms with Crippen LogP contribution in [-0.4, -0.2) is 57.9 Å². The summed E-state index contributed by atoms with van der Waals surface area (Å²) in [5.74, 6) is 0.0590. The van der Waals surface area contributed by atoms with Crippen molar-refractivity contribution in [1.29, 1.82) is 0 Å². The lowest BCUT2D eigenvalue weighted by molar-refractivity contribution is -0.902. The van der Waals surface area contributed by atoms with Gasteiger partial charge in [-0.05, 0) is 44.2 Å². The van der Waals surface area contributed by atoms with Crippen LogP contribution in [0.2, 0.25) is 0 Å². The first-order valence-corrected chi connectivity index (χ1v) is 9.98. The maximum absolute atomic E-state index is 13.4. The Bertz CT molecular complexity index is 961. The average molecular weight is 379 g/mol. The molecule has 1 aliphatic heterocycles. The van der Waals surface area contributed by atoms with Gasteiger partial charge in [0.25, 0.3) is 5.91 Å². The molecule has 3 heterocycles. The van der Waals surface area contributed by atoms with Gasteiger partial charge in [-0.2, -0.15) is 5.10 Å². The highest BCUT2D eigenvalue weighted by Crippen LogP contribution is 2.23. The largest absolute Gasteiger partial charge is 0.349 e. The number of carbonyl (C=O) groups is 1. The van der Waals surface area contributed by atoms with E-state index in [-0.39, 0.29) is 5.91 Å². The van der Waals surface area contributed by atoms with Crippen molar-refractivity contribution in [2.24, 2.45) is 7.05 Å². The van der Waals surface area contributed by atoms with Crippen molar-refractivity contribution in [2.45, 2.75) is 13.8 Å². The van der Waals surface area contributed by atoms with Gasteiger partial charge in [-0.1, -0.05) is 17.7 Å². The number of piperazine rings is 1. The van der Waals surface area contributed by atoms with Crippen LogP contribution in [0, 0.1) is 6.92 Å². The van der Waals surface area contributed by atoms with Crippen molar-refractivity contribution in [2.75, 3.05) is 32.7 Å². The fourth-order valence-electron chi connectivity index (χ4n) is 3.81. The Balaban J connectivity index is 1.72. The SMILES string of the molecule is CC[NH+]1CCN(C(=O)c2cc(-c3cccn3C)nn2-c2ccc(C)cc2)CC1. The number of nitrogens with zero attached hydrogens (tertiary/aromatic N) is 4. The van der Waals surface area contributed by atoms with E-state index in [2.05, 4.69) is 26.0 Å². The lowest BCUT2D eigenvalue weighted by Crippen LogP contribution is -3.14. The first-order chi connectivity index (χ1) is 13.6. The molecule has 0 atom stereocenters. The van der Waals surface area contributed by atoms with Crippen LogP contribution in [0.1, 0.15) is 23.0 Å². The van der Waals surface area contributed by atoms with Gasteiger partial charge >= 0.3 is 0 Å². The number of hydrogen-bond donors (Lipinski definition) is 1. The third kappa shape index (κ3) is 3.47. The lowest BCUT2D eigenvalue weighted by Gasteiger charge is -2.31. The van der Waals surface area contributed by atoms with E-state index in [1.165, 1.54) is 5.56 Å². The Morgan fingerprint density at radius 3 is 2.46 bits per heavy atom. The molecule has 4 rings (SSSR count). The van der Waals surface area contributed by atoms with Crippen LogP contribution in [0.25, 0.3) is 17.1 Å². The Kier molecular flexibility index (Phi) is 5.05. The fourth-order valence-corrected chi connectivity index (χ4v) is 3.81. The van der Waals surface area contributed by atoms with Crippen molar-refractivity contribution in [3.63, 3.8) is 0 Å².